The molecule has 1 unspecified atom stereocenters. The third kappa shape index (κ3) is 2.54. The number of halogens is 1. The van der Waals surface area contributed by atoms with E-state index < -0.39 is 12.0 Å². The highest BCUT2D eigenvalue weighted by molar-refractivity contribution is 9.10. The Labute approximate surface area is 102 Å². The number of phenols is 1. The topological polar surface area (TPSA) is 83.5 Å². The van der Waals surface area contributed by atoms with E-state index in [2.05, 4.69) is 15.9 Å². The lowest BCUT2D eigenvalue weighted by molar-refractivity contribution is -0.138. The van der Waals surface area contributed by atoms with Crippen LogP contribution in [0, 0.1) is 0 Å². The van der Waals surface area contributed by atoms with Crippen LogP contribution in [0.4, 0.5) is 0 Å². The number of aliphatic carboxylic acids is 1. The monoisotopic (exact) mass is 287 g/mol. The lowest BCUT2D eigenvalue weighted by Crippen LogP contribution is -2.21. The average Bonchev–Trinajstić information content (AvgIpc) is 2.20. The van der Waals surface area contributed by atoms with E-state index in [1.54, 1.807) is 12.1 Å². The minimum Gasteiger partial charge on any atom is -0.506 e. The van der Waals surface area contributed by atoms with Crippen LogP contribution in [0.2, 0.25) is 0 Å². The number of hydrogen-bond acceptors (Lipinski definition) is 3. The predicted octanol–water partition coefficient (Wildman–Crippen LogP) is 2.36. The van der Waals surface area contributed by atoms with Crippen LogP contribution in [0.15, 0.2) is 16.6 Å². The molecule has 0 spiro atoms. The second kappa shape index (κ2) is 4.84. The van der Waals surface area contributed by atoms with Gasteiger partial charge in [-0.1, -0.05) is 13.8 Å². The molecular formula is C11H14BrNO3. The summed E-state index contributed by atoms with van der Waals surface area (Å²) < 4.78 is 0.463. The number of nitrogens with two attached hydrogens (primary N) is 1. The number of carboxylic acids is 1. The molecule has 0 aliphatic carbocycles. The number of benzene rings is 1. The molecule has 0 radical (unpaired) electrons. The molecule has 16 heavy (non-hydrogen) atoms. The van der Waals surface area contributed by atoms with Crippen molar-refractivity contribution in [1.29, 1.82) is 0 Å². The van der Waals surface area contributed by atoms with Gasteiger partial charge in [0.25, 0.3) is 0 Å². The summed E-state index contributed by atoms with van der Waals surface area (Å²) in [6.07, 6.45) is 0. The Balaban J connectivity index is 3.32. The van der Waals surface area contributed by atoms with Crippen molar-refractivity contribution in [2.45, 2.75) is 25.8 Å². The minimum absolute atomic E-state index is 0.112. The predicted molar refractivity (Wildman–Crippen MR) is 64.5 cm³/mol. The lowest BCUT2D eigenvalue weighted by Gasteiger charge is -2.14. The van der Waals surface area contributed by atoms with E-state index in [9.17, 15) is 9.90 Å². The van der Waals surface area contributed by atoms with E-state index in [-0.39, 0.29) is 17.2 Å². The fourth-order valence-corrected chi connectivity index (χ4v) is 1.84. The zero-order valence-corrected chi connectivity index (χ0v) is 10.7. The highest BCUT2D eigenvalue weighted by Crippen LogP contribution is 2.34. The molecule has 1 rings (SSSR count). The van der Waals surface area contributed by atoms with Crippen molar-refractivity contribution in [2.24, 2.45) is 5.73 Å². The molecule has 0 fully saturated rings. The van der Waals surface area contributed by atoms with Crippen LogP contribution in [0.1, 0.15) is 36.9 Å². The summed E-state index contributed by atoms with van der Waals surface area (Å²) >= 11 is 3.18. The maximum Gasteiger partial charge on any atom is 0.325 e. The zero-order chi connectivity index (χ0) is 12.5. The van der Waals surface area contributed by atoms with Gasteiger partial charge in [0.15, 0.2) is 0 Å². The molecule has 4 N–H and O–H groups in total. The van der Waals surface area contributed by atoms with Gasteiger partial charge in [-0.3, -0.25) is 4.79 Å². The maximum atomic E-state index is 10.8. The van der Waals surface area contributed by atoms with Crippen LogP contribution in [0.5, 0.6) is 5.75 Å². The normalized spacial score (nSPS) is 12.8. The van der Waals surface area contributed by atoms with Crippen molar-refractivity contribution < 1.29 is 15.0 Å². The number of carbonyl (C=O) groups is 1. The molecule has 0 aliphatic rings. The van der Waals surface area contributed by atoms with Crippen molar-refractivity contribution in [3.8, 4) is 5.75 Å². The first-order valence-corrected chi connectivity index (χ1v) is 5.64. The van der Waals surface area contributed by atoms with Gasteiger partial charge in [0, 0.05) is 5.56 Å². The molecule has 5 heteroatoms. The molecule has 0 saturated heterocycles. The van der Waals surface area contributed by atoms with Crippen LogP contribution >= 0.6 is 15.9 Å². The van der Waals surface area contributed by atoms with Gasteiger partial charge >= 0.3 is 5.97 Å². The molecule has 0 saturated carbocycles. The first kappa shape index (κ1) is 13.0. The minimum atomic E-state index is -1.21. The van der Waals surface area contributed by atoms with Gasteiger partial charge in [-0.05, 0) is 39.5 Å². The van der Waals surface area contributed by atoms with E-state index >= 15 is 0 Å². The lowest BCUT2D eigenvalue weighted by atomic mass is 9.97. The maximum absolute atomic E-state index is 10.8. The van der Waals surface area contributed by atoms with Crippen molar-refractivity contribution in [2.75, 3.05) is 0 Å². The summed E-state index contributed by atoms with van der Waals surface area (Å²) in [4.78, 5) is 10.8. The van der Waals surface area contributed by atoms with Crippen LogP contribution in [-0.4, -0.2) is 16.2 Å². The molecule has 1 aromatic carbocycles. The Kier molecular flexibility index (Phi) is 3.93. The van der Waals surface area contributed by atoms with Crippen molar-refractivity contribution in [3.63, 3.8) is 0 Å². The molecular weight excluding hydrogens is 274 g/mol. The van der Waals surface area contributed by atoms with E-state index in [0.29, 0.717) is 4.47 Å². The number of hydrogen-bond donors (Lipinski definition) is 3. The molecule has 1 atom stereocenters. The number of phenolic OH excluding ortho intramolecular Hbond substituents is 1. The summed E-state index contributed by atoms with van der Waals surface area (Å²) in [6, 6.07) is 2.18. The van der Waals surface area contributed by atoms with Gasteiger partial charge in [-0.25, -0.2) is 0 Å². The number of carboxylic acid groups (broad SMARTS) is 1. The third-order valence-electron chi connectivity index (χ3n) is 2.38. The molecule has 4 nitrogen and oxygen atoms in total. The largest absolute Gasteiger partial charge is 0.506 e. The van der Waals surface area contributed by atoms with E-state index in [4.69, 9.17) is 10.8 Å². The van der Waals surface area contributed by atoms with Gasteiger partial charge in [0.05, 0.1) is 4.47 Å². The van der Waals surface area contributed by atoms with Gasteiger partial charge < -0.3 is 15.9 Å². The molecule has 0 heterocycles. The Morgan fingerprint density at radius 3 is 2.44 bits per heavy atom. The Morgan fingerprint density at radius 2 is 2.00 bits per heavy atom. The van der Waals surface area contributed by atoms with Gasteiger partial charge in [-0.2, -0.15) is 0 Å². The quantitative estimate of drug-likeness (QED) is 0.797. The fraction of sp³-hybridized carbons (Fsp3) is 0.364. The summed E-state index contributed by atoms with van der Waals surface area (Å²) in [5.41, 5.74) is 6.65. The number of aromatic hydroxyl groups is 1. The average molecular weight is 288 g/mol. The molecule has 0 amide bonds. The Hall–Kier alpha value is -1.07. The molecule has 1 aromatic rings. The first-order valence-electron chi connectivity index (χ1n) is 4.85. The SMILES string of the molecule is CC(C)c1cc(Br)c(O)c(C(N)C(=O)O)c1. The van der Waals surface area contributed by atoms with Crippen LogP contribution in [0.3, 0.4) is 0 Å². The Morgan fingerprint density at radius 1 is 1.44 bits per heavy atom. The first-order chi connectivity index (χ1) is 7.34. The standard InChI is InChI=1S/C11H14BrNO3/c1-5(2)6-3-7(9(13)11(15)16)10(14)8(12)4-6/h3-5,9,14H,13H2,1-2H3,(H,15,16). The summed E-state index contributed by atoms with van der Waals surface area (Å²) in [5.74, 6) is -1.04. The van der Waals surface area contributed by atoms with E-state index in [1.165, 1.54) is 0 Å². The van der Waals surface area contributed by atoms with Gasteiger partial charge in [-0.15, -0.1) is 0 Å². The zero-order valence-electron chi connectivity index (χ0n) is 9.07. The molecule has 0 aliphatic heterocycles. The molecule has 0 aromatic heterocycles. The van der Waals surface area contributed by atoms with Crippen molar-refractivity contribution in [1.82, 2.24) is 0 Å². The molecule has 0 bridgehead atoms. The second-order valence-corrected chi connectivity index (χ2v) is 4.77. The van der Waals surface area contributed by atoms with E-state index in [0.717, 1.165) is 5.56 Å². The van der Waals surface area contributed by atoms with Crippen LogP contribution in [0.25, 0.3) is 0 Å². The van der Waals surface area contributed by atoms with Crippen LogP contribution in [-0.2, 0) is 4.79 Å². The number of rotatable bonds is 3. The fourth-order valence-electron chi connectivity index (χ4n) is 1.35. The summed E-state index contributed by atoms with van der Waals surface area (Å²) in [6.45, 7) is 3.96. The highest BCUT2D eigenvalue weighted by Gasteiger charge is 2.21. The second-order valence-electron chi connectivity index (χ2n) is 3.91. The highest BCUT2D eigenvalue weighted by atomic mass is 79.9. The van der Waals surface area contributed by atoms with Gasteiger partial charge in [0.2, 0.25) is 0 Å². The molecule has 88 valence electrons. The van der Waals surface area contributed by atoms with Gasteiger partial charge in [0.1, 0.15) is 11.8 Å². The van der Waals surface area contributed by atoms with Crippen molar-refractivity contribution in [3.05, 3.63) is 27.7 Å². The van der Waals surface area contributed by atoms with Crippen LogP contribution < -0.4 is 5.73 Å². The third-order valence-corrected chi connectivity index (χ3v) is 2.99. The summed E-state index contributed by atoms with van der Waals surface area (Å²) in [7, 11) is 0. The van der Waals surface area contributed by atoms with Crippen molar-refractivity contribution >= 4 is 21.9 Å². The van der Waals surface area contributed by atoms with E-state index in [1.807, 2.05) is 13.8 Å². The summed E-state index contributed by atoms with van der Waals surface area (Å²) in [5, 5.41) is 18.6. The Bertz CT molecular complexity index is 418. The smallest absolute Gasteiger partial charge is 0.325 e.